The van der Waals surface area contributed by atoms with Crippen LogP contribution < -0.4 is 20.1 Å². The van der Waals surface area contributed by atoms with E-state index in [1.54, 1.807) is 27.7 Å². The molecule has 0 fully saturated rings. The molecule has 0 bridgehead atoms. The largest absolute Gasteiger partial charge is 0.486 e. The molecule has 28 heavy (non-hydrogen) atoms. The first-order valence-electron chi connectivity index (χ1n) is 8.87. The average molecular weight is 405 g/mol. The molecule has 2 aromatic rings. The van der Waals surface area contributed by atoms with Crippen LogP contribution in [0.5, 0.6) is 11.5 Å². The number of amides is 2. The van der Waals surface area contributed by atoms with Gasteiger partial charge < -0.3 is 24.8 Å². The monoisotopic (exact) mass is 405 g/mol. The number of hydrogen-bond donors (Lipinski definition) is 2. The number of hydrogen-bond acceptors (Lipinski definition) is 7. The highest BCUT2D eigenvalue weighted by Gasteiger charge is 2.22. The molecule has 2 amide bonds. The topological polar surface area (TPSA) is 98.8 Å². The SMILES string of the molecule is C[C@@H](NC(=O)OC(C)(C)C)C(=O)Nc1nc(-c2ccc3c(c2)OCCO3)cs1. The van der Waals surface area contributed by atoms with Crippen LogP contribution in [0.2, 0.25) is 0 Å². The Kier molecular flexibility index (Phi) is 5.73. The maximum atomic E-state index is 12.3. The number of thiazole rings is 1. The zero-order chi connectivity index (χ0) is 20.3. The van der Waals surface area contributed by atoms with E-state index >= 15 is 0 Å². The van der Waals surface area contributed by atoms with Crippen molar-refractivity contribution < 1.29 is 23.8 Å². The van der Waals surface area contributed by atoms with E-state index in [-0.39, 0.29) is 5.91 Å². The number of nitrogens with zero attached hydrogens (tertiary/aromatic N) is 1. The molecule has 2 heterocycles. The van der Waals surface area contributed by atoms with E-state index in [1.807, 2.05) is 23.6 Å². The average Bonchev–Trinajstić information content (AvgIpc) is 3.08. The van der Waals surface area contributed by atoms with Crippen molar-refractivity contribution in [2.75, 3.05) is 18.5 Å². The molecule has 0 spiro atoms. The van der Waals surface area contributed by atoms with Crippen LogP contribution >= 0.6 is 11.3 Å². The number of benzene rings is 1. The Morgan fingerprint density at radius 1 is 1.21 bits per heavy atom. The van der Waals surface area contributed by atoms with E-state index in [9.17, 15) is 9.59 Å². The van der Waals surface area contributed by atoms with Gasteiger partial charge in [-0.3, -0.25) is 4.79 Å². The second-order valence-electron chi connectivity index (χ2n) is 7.25. The van der Waals surface area contributed by atoms with E-state index < -0.39 is 17.7 Å². The van der Waals surface area contributed by atoms with E-state index in [4.69, 9.17) is 14.2 Å². The predicted molar refractivity (Wildman–Crippen MR) is 106 cm³/mol. The van der Waals surface area contributed by atoms with Crippen molar-refractivity contribution >= 4 is 28.5 Å². The lowest BCUT2D eigenvalue weighted by Gasteiger charge is -2.21. The quantitative estimate of drug-likeness (QED) is 0.809. The van der Waals surface area contributed by atoms with Crippen molar-refractivity contribution in [3.8, 4) is 22.8 Å². The van der Waals surface area contributed by atoms with Gasteiger partial charge in [0.05, 0.1) is 5.69 Å². The fraction of sp³-hybridized carbons (Fsp3) is 0.421. The number of fused-ring (bicyclic) bond motifs is 1. The number of anilines is 1. The molecular formula is C19H23N3O5S. The lowest BCUT2D eigenvalue weighted by Crippen LogP contribution is -2.43. The normalized spacial score (nSPS) is 14.1. The minimum absolute atomic E-state index is 0.381. The molecule has 3 rings (SSSR count). The van der Waals surface area contributed by atoms with E-state index in [0.717, 1.165) is 5.56 Å². The van der Waals surface area contributed by atoms with E-state index in [1.165, 1.54) is 11.3 Å². The molecule has 1 aliphatic heterocycles. The van der Waals surface area contributed by atoms with Crippen molar-refractivity contribution in [3.63, 3.8) is 0 Å². The minimum atomic E-state index is -0.767. The van der Waals surface area contributed by atoms with Gasteiger partial charge in [0.25, 0.3) is 0 Å². The third-order valence-corrected chi connectivity index (χ3v) is 4.46. The fourth-order valence-electron chi connectivity index (χ4n) is 2.43. The Labute approximate surface area is 167 Å². The van der Waals surface area contributed by atoms with Crippen LogP contribution in [0.1, 0.15) is 27.7 Å². The first-order chi connectivity index (χ1) is 13.2. The van der Waals surface area contributed by atoms with Crippen LogP contribution in [0.15, 0.2) is 23.6 Å². The van der Waals surface area contributed by atoms with Crippen molar-refractivity contribution in [1.29, 1.82) is 0 Å². The second-order valence-corrected chi connectivity index (χ2v) is 8.11. The number of nitrogens with one attached hydrogen (secondary N) is 2. The predicted octanol–water partition coefficient (Wildman–Crippen LogP) is 3.43. The summed E-state index contributed by atoms with van der Waals surface area (Å²) in [7, 11) is 0. The lowest BCUT2D eigenvalue weighted by molar-refractivity contribution is -0.117. The van der Waals surface area contributed by atoms with Crippen molar-refractivity contribution in [1.82, 2.24) is 10.3 Å². The van der Waals surface area contributed by atoms with Gasteiger partial charge in [-0.25, -0.2) is 9.78 Å². The van der Waals surface area contributed by atoms with Gasteiger partial charge in [0.1, 0.15) is 24.9 Å². The van der Waals surface area contributed by atoms with E-state index in [2.05, 4.69) is 15.6 Å². The number of alkyl carbamates (subject to hydrolysis) is 1. The molecule has 1 aliphatic rings. The van der Waals surface area contributed by atoms with E-state index in [0.29, 0.717) is 35.5 Å². The van der Waals surface area contributed by atoms with Gasteiger partial charge >= 0.3 is 6.09 Å². The highest BCUT2D eigenvalue weighted by atomic mass is 32.1. The van der Waals surface area contributed by atoms with Crippen molar-refractivity contribution in [2.45, 2.75) is 39.3 Å². The van der Waals surface area contributed by atoms with Crippen LogP contribution in [0.4, 0.5) is 9.93 Å². The fourth-order valence-corrected chi connectivity index (χ4v) is 3.15. The number of carbonyl (C=O) groups excluding carboxylic acids is 2. The molecule has 0 aliphatic carbocycles. The Morgan fingerprint density at radius 2 is 1.93 bits per heavy atom. The van der Waals surface area contributed by atoms with Gasteiger partial charge in [0.15, 0.2) is 16.6 Å². The molecule has 1 atom stereocenters. The summed E-state index contributed by atoms with van der Waals surface area (Å²) in [5.41, 5.74) is 0.944. The smallest absolute Gasteiger partial charge is 0.408 e. The van der Waals surface area contributed by atoms with Gasteiger partial charge in [-0.05, 0) is 45.9 Å². The third kappa shape index (κ3) is 5.13. The summed E-state index contributed by atoms with van der Waals surface area (Å²) in [5, 5.41) is 7.48. The molecule has 2 N–H and O–H groups in total. The summed E-state index contributed by atoms with van der Waals surface area (Å²) in [6.45, 7) is 7.89. The molecular weight excluding hydrogens is 382 g/mol. The molecule has 1 aromatic carbocycles. The first-order valence-corrected chi connectivity index (χ1v) is 9.75. The highest BCUT2D eigenvalue weighted by molar-refractivity contribution is 7.14. The van der Waals surface area contributed by atoms with Crippen LogP contribution in [-0.4, -0.2) is 41.8 Å². The molecule has 9 heteroatoms. The molecule has 0 radical (unpaired) electrons. The molecule has 8 nitrogen and oxygen atoms in total. The van der Waals surface area contributed by atoms with Crippen LogP contribution in [0.25, 0.3) is 11.3 Å². The molecule has 0 unspecified atom stereocenters. The molecule has 0 saturated carbocycles. The van der Waals surface area contributed by atoms with Gasteiger partial charge in [-0.1, -0.05) is 0 Å². The Bertz CT molecular complexity index is 875. The number of aromatic nitrogens is 1. The lowest BCUT2D eigenvalue weighted by atomic mass is 10.1. The summed E-state index contributed by atoms with van der Waals surface area (Å²) in [4.78, 5) is 28.5. The zero-order valence-electron chi connectivity index (χ0n) is 16.2. The van der Waals surface area contributed by atoms with Crippen molar-refractivity contribution in [3.05, 3.63) is 23.6 Å². The van der Waals surface area contributed by atoms with Crippen molar-refractivity contribution in [2.24, 2.45) is 0 Å². The zero-order valence-corrected chi connectivity index (χ0v) is 17.0. The first kappa shape index (κ1) is 19.9. The summed E-state index contributed by atoms with van der Waals surface area (Å²) in [6, 6.07) is 4.83. The van der Waals surface area contributed by atoms with Crippen LogP contribution in [0, 0.1) is 0 Å². The van der Waals surface area contributed by atoms with Gasteiger partial charge in [0.2, 0.25) is 5.91 Å². The standard InChI is InChI=1S/C19H23N3O5S/c1-11(20-18(24)27-19(2,3)4)16(23)22-17-21-13(10-28-17)12-5-6-14-15(9-12)26-8-7-25-14/h5-6,9-11H,7-8H2,1-4H3,(H,20,24)(H,21,22,23)/t11-/m1/s1. The Morgan fingerprint density at radius 3 is 2.64 bits per heavy atom. The Balaban J connectivity index is 1.61. The minimum Gasteiger partial charge on any atom is -0.486 e. The highest BCUT2D eigenvalue weighted by Crippen LogP contribution is 2.35. The maximum absolute atomic E-state index is 12.3. The summed E-state index contributed by atoms with van der Waals surface area (Å²) in [6.07, 6.45) is -0.647. The second kappa shape index (κ2) is 8.05. The number of ether oxygens (including phenoxy) is 3. The molecule has 150 valence electrons. The molecule has 1 aromatic heterocycles. The van der Waals surface area contributed by atoms with Crippen LogP contribution in [0.3, 0.4) is 0 Å². The molecule has 0 saturated heterocycles. The van der Waals surface area contributed by atoms with Gasteiger partial charge in [-0.15, -0.1) is 11.3 Å². The third-order valence-electron chi connectivity index (χ3n) is 3.70. The Hall–Kier alpha value is -2.81. The van der Waals surface area contributed by atoms with Crippen LogP contribution in [-0.2, 0) is 9.53 Å². The number of rotatable bonds is 4. The van der Waals surface area contributed by atoms with Gasteiger partial charge in [-0.2, -0.15) is 0 Å². The maximum Gasteiger partial charge on any atom is 0.408 e. The summed E-state index contributed by atoms with van der Waals surface area (Å²) < 4.78 is 16.3. The van der Waals surface area contributed by atoms with Gasteiger partial charge in [0, 0.05) is 10.9 Å². The summed E-state index contributed by atoms with van der Waals surface area (Å²) in [5.74, 6) is 1.01. The summed E-state index contributed by atoms with van der Waals surface area (Å²) >= 11 is 1.30. The number of carbonyl (C=O) groups is 2.